The average molecular weight is 549 g/mol. The van der Waals surface area contributed by atoms with Gasteiger partial charge in [0.05, 0.1) is 6.61 Å². The van der Waals surface area contributed by atoms with E-state index in [0.717, 1.165) is 64.2 Å². The van der Waals surface area contributed by atoms with Crippen molar-refractivity contribution in [3.63, 3.8) is 0 Å². The van der Waals surface area contributed by atoms with Gasteiger partial charge in [-0.1, -0.05) is 40.7 Å². The molecule has 0 bridgehead atoms. The van der Waals surface area contributed by atoms with Gasteiger partial charge in [-0.3, -0.25) is 15.0 Å². The first-order chi connectivity index (χ1) is 18.9. The van der Waals surface area contributed by atoms with E-state index in [2.05, 4.69) is 72.9 Å². The van der Waals surface area contributed by atoms with E-state index in [4.69, 9.17) is 4.74 Å². The minimum atomic E-state index is -0.438. The molecule has 39 heavy (non-hydrogen) atoms. The number of benzene rings is 1. The minimum Gasteiger partial charge on any atom is -0.368 e. The zero-order chi connectivity index (χ0) is 26.8. The van der Waals surface area contributed by atoms with Crippen molar-refractivity contribution in [3.05, 3.63) is 53.2 Å². The van der Waals surface area contributed by atoms with Crippen LogP contribution in [0.25, 0.3) is 0 Å². The number of aryl methyl sites for hydroxylation is 2. The molecule has 1 spiro atoms. The lowest BCUT2D eigenvalue weighted by molar-refractivity contribution is -0.124. The number of anilines is 3. The van der Waals surface area contributed by atoms with Crippen LogP contribution in [0.1, 0.15) is 42.4 Å². The Morgan fingerprint density at radius 2 is 1.90 bits per heavy atom. The number of nitrogens with one attached hydrogen (secondary N) is 2. The second-order valence-electron chi connectivity index (χ2n) is 11.3. The van der Waals surface area contributed by atoms with Crippen molar-refractivity contribution >= 4 is 33.3 Å². The molecule has 1 amide bonds. The number of rotatable bonds is 7. The molecular weight excluding hydrogens is 512 g/mol. The monoisotopic (exact) mass is 548 g/mol. The van der Waals surface area contributed by atoms with Crippen molar-refractivity contribution in [2.24, 2.45) is 5.41 Å². The lowest BCUT2D eigenvalue weighted by atomic mass is 9.76. The van der Waals surface area contributed by atoms with Gasteiger partial charge in [0.1, 0.15) is 6.10 Å². The number of hydrogen-bond donors (Lipinski definition) is 2. The van der Waals surface area contributed by atoms with Crippen molar-refractivity contribution in [1.29, 1.82) is 0 Å². The van der Waals surface area contributed by atoms with Crippen LogP contribution in [0.2, 0.25) is 0 Å². The van der Waals surface area contributed by atoms with Gasteiger partial charge >= 0.3 is 0 Å². The number of amides is 1. The standard InChI is InChI=1S/C28H36N8O2S/c1-19-12-20(2)14-21(13-19)16-35-10-6-28(7-11-35)15-23(38-18-28)25(37)31-27-34-33-26(39-27)30-22-5-9-36(17-22)24-4-3-8-29-32-24/h3-4,8,12-14,22-23H,5-7,9-11,15-18H2,1-2H3,(H,30,33)(H,31,34,37)/t22-,23?/m1/s1. The third-order valence-corrected chi connectivity index (χ3v) is 8.93. The van der Waals surface area contributed by atoms with Crippen LogP contribution in [0.4, 0.5) is 16.1 Å². The number of piperidine rings is 1. The van der Waals surface area contributed by atoms with Gasteiger partial charge in [-0.15, -0.1) is 15.3 Å². The summed E-state index contributed by atoms with van der Waals surface area (Å²) in [6.45, 7) is 9.74. The molecular formula is C28H36N8O2S. The Labute approximate surface area is 233 Å². The van der Waals surface area contributed by atoms with Crippen LogP contribution < -0.4 is 15.5 Å². The second-order valence-corrected chi connectivity index (χ2v) is 12.3. The zero-order valence-electron chi connectivity index (χ0n) is 22.6. The SMILES string of the molecule is Cc1cc(C)cc(CN2CCC3(CC2)COC(C(=O)Nc2nnc(N[C@@H]4CCN(c5cccnn5)C4)s2)C3)c1. The van der Waals surface area contributed by atoms with Gasteiger partial charge in [0.2, 0.25) is 10.3 Å². The van der Waals surface area contributed by atoms with Crippen LogP contribution in [-0.4, -0.2) is 76.1 Å². The molecule has 206 valence electrons. The fraction of sp³-hybridized carbons (Fsp3) is 0.536. The summed E-state index contributed by atoms with van der Waals surface area (Å²) in [7, 11) is 0. The van der Waals surface area contributed by atoms with Crippen LogP contribution >= 0.6 is 11.3 Å². The highest BCUT2D eigenvalue weighted by Crippen LogP contribution is 2.42. The Bertz CT molecular complexity index is 1270. The van der Waals surface area contributed by atoms with E-state index >= 15 is 0 Å². The number of hydrogen-bond acceptors (Lipinski definition) is 10. The van der Waals surface area contributed by atoms with Crippen LogP contribution in [0.15, 0.2) is 36.5 Å². The summed E-state index contributed by atoms with van der Waals surface area (Å²) in [4.78, 5) is 17.7. The highest BCUT2D eigenvalue weighted by molar-refractivity contribution is 7.19. The van der Waals surface area contributed by atoms with Crippen LogP contribution in [0.3, 0.4) is 0 Å². The maximum absolute atomic E-state index is 13.0. The Hall–Kier alpha value is -3.15. The summed E-state index contributed by atoms with van der Waals surface area (Å²) in [5, 5.41) is 24.2. The summed E-state index contributed by atoms with van der Waals surface area (Å²) >= 11 is 1.36. The van der Waals surface area contributed by atoms with Gasteiger partial charge in [-0.2, -0.15) is 5.10 Å². The predicted octanol–water partition coefficient (Wildman–Crippen LogP) is 3.65. The molecule has 3 fully saturated rings. The molecule has 3 saturated heterocycles. The van der Waals surface area contributed by atoms with Crippen LogP contribution in [0, 0.1) is 19.3 Å². The summed E-state index contributed by atoms with van der Waals surface area (Å²) in [5.74, 6) is 0.760. The molecule has 2 aromatic heterocycles. The first-order valence-corrected chi connectivity index (χ1v) is 14.6. The Morgan fingerprint density at radius 3 is 2.67 bits per heavy atom. The number of aromatic nitrogens is 4. The molecule has 3 aromatic rings. The first kappa shape index (κ1) is 26.1. The largest absolute Gasteiger partial charge is 0.368 e. The number of likely N-dealkylation sites (tertiary alicyclic amines) is 1. The molecule has 0 radical (unpaired) electrons. The number of carbonyl (C=O) groups excluding carboxylic acids is 1. The van der Waals surface area contributed by atoms with E-state index in [9.17, 15) is 4.79 Å². The minimum absolute atomic E-state index is 0.0896. The maximum atomic E-state index is 13.0. The summed E-state index contributed by atoms with van der Waals surface area (Å²) < 4.78 is 6.03. The van der Waals surface area contributed by atoms with E-state index in [1.807, 2.05) is 12.1 Å². The van der Waals surface area contributed by atoms with E-state index in [-0.39, 0.29) is 17.4 Å². The normalized spacial score (nSPS) is 22.9. The number of carbonyl (C=O) groups is 1. The molecule has 2 N–H and O–H groups in total. The molecule has 10 nitrogen and oxygen atoms in total. The van der Waals surface area contributed by atoms with Gasteiger partial charge < -0.3 is 15.0 Å². The number of ether oxygens (including phenoxy) is 1. The molecule has 6 rings (SSSR count). The number of nitrogens with zero attached hydrogens (tertiary/aromatic N) is 6. The van der Waals surface area contributed by atoms with E-state index < -0.39 is 6.10 Å². The summed E-state index contributed by atoms with van der Waals surface area (Å²) in [6, 6.07) is 10.9. The summed E-state index contributed by atoms with van der Waals surface area (Å²) in [6.07, 6.45) is 5.09. The topological polar surface area (TPSA) is 108 Å². The van der Waals surface area contributed by atoms with Crippen LogP contribution in [0.5, 0.6) is 0 Å². The Kier molecular flexibility index (Phi) is 7.46. The van der Waals surface area contributed by atoms with Crippen LogP contribution in [-0.2, 0) is 16.1 Å². The van der Waals surface area contributed by atoms with E-state index in [1.165, 1.54) is 28.0 Å². The van der Waals surface area contributed by atoms with E-state index in [1.54, 1.807) is 6.20 Å². The molecule has 0 saturated carbocycles. The van der Waals surface area contributed by atoms with Gasteiger partial charge in [0, 0.05) is 31.9 Å². The van der Waals surface area contributed by atoms with Gasteiger partial charge in [-0.25, -0.2) is 0 Å². The first-order valence-electron chi connectivity index (χ1n) is 13.8. The Morgan fingerprint density at radius 1 is 1.10 bits per heavy atom. The van der Waals surface area contributed by atoms with Gasteiger partial charge in [0.25, 0.3) is 5.91 Å². The maximum Gasteiger partial charge on any atom is 0.255 e. The molecule has 1 unspecified atom stereocenters. The molecule has 2 atom stereocenters. The third kappa shape index (κ3) is 6.21. The lowest BCUT2D eigenvalue weighted by Gasteiger charge is -2.38. The molecule has 3 aliphatic rings. The van der Waals surface area contributed by atoms with Crippen molar-refractivity contribution in [1.82, 2.24) is 25.3 Å². The predicted molar refractivity (Wildman–Crippen MR) is 152 cm³/mol. The smallest absolute Gasteiger partial charge is 0.255 e. The lowest BCUT2D eigenvalue weighted by Crippen LogP contribution is -2.40. The van der Waals surface area contributed by atoms with Gasteiger partial charge in [-0.05, 0) is 75.7 Å². The molecule has 5 heterocycles. The second kappa shape index (κ2) is 11.1. The highest BCUT2D eigenvalue weighted by atomic mass is 32.1. The Balaban J connectivity index is 0.963. The van der Waals surface area contributed by atoms with Crippen molar-refractivity contribution in [2.75, 3.05) is 48.3 Å². The third-order valence-electron chi connectivity index (χ3n) is 8.16. The zero-order valence-corrected chi connectivity index (χ0v) is 23.4. The van der Waals surface area contributed by atoms with Crippen molar-refractivity contribution in [2.45, 2.75) is 58.2 Å². The van der Waals surface area contributed by atoms with Crippen molar-refractivity contribution in [3.8, 4) is 0 Å². The molecule has 11 heteroatoms. The fourth-order valence-electron chi connectivity index (χ4n) is 6.15. The molecule has 0 aliphatic carbocycles. The van der Waals surface area contributed by atoms with Crippen molar-refractivity contribution < 1.29 is 9.53 Å². The fourth-order valence-corrected chi connectivity index (χ4v) is 6.87. The summed E-state index contributed by atoms with van der Waals surface area (Å²) in [5.41, 5.74) is 4.11. The quantitative estimate of drug-likeness (QED) is 0.457. The molecule has 1 aromatic carbocycles. The average Bonchev–Trinajstić information content (AvgIpc) is 3.67. The van der Waals surface area contributed by atoms with Gasteiger partial charge in [0.15, 0.2) is 5.82 Å². The highest BCUT2D eigenvalue weighted by Gasteiger charge is 2.44. The van der Waals surface area contributed by atoms with E-state index in [0.29, 0.717) is 16.9 Å². The molecule has 3 aliphatic heterocycles.